The number of hydrogen-bond acceptors (Lipinski definition) is 7. The topological polar surface area (TPSA) is 144 Å². The summed E-state index contributed by atoms with van der Waals surface area (Å²) in [6.45, 7) is 1.40. The molecule has 1 N–H and O–H groups in total. The maximum Gasteiger partial charge on any atom is 0.269 e. The molecular weight excluding hydrogens is 546 g/mol. The van der Waals surface area contributed by atoms with E-state index in [9.17, 15) is 32.9 Å². The normalized spacial score (nSPS) is 11.7. The van der Waals surface area contributed by atoms with Crippen LogP contribution in [0.4, 0.5) is 11.4 Å². The third-order valence-electron chi connectivity index (χ3n) is 6.24. The van der Waals surface area contributed by atoms with Gasteiger partial charge in [0.25, 0.3) is 21.6 Å². The van der Waals surface area contributed by atoms with Crippen LogP contribution in [-0.2, 0) is 21.2 Å². The fourth-order valence-electron chi connectivity index (χ4n) is 4.11. The van der Waals surface area contributed by atoms with E-state index < -0.39 is 37.7 Å². The Morgan fingerprint density at radius 2 is 1.37 bits per heavy atom. The third-order valence-corrected chi connectivity index (χ3v) is 8.05. The van der Waals surface area contributed by atoms with Gasteiger partial charge < -0.3 is 5.32 Å². The van der Waals surface area contributed by atoms with Crippen molar-refractivity contribution in [1.82, 2.24) is 4.31 Å². The molecule has 0 bridgehead atoms. The SMILES string of the molecule is CC(=O)c1ccc(NC(=O)C(Cc2ccccc2)N(C(=O)c2ccccc2)S(=O)(=O)c2ccc([N+](=O)[O-])cc2)cc1. The number of nitro benzene ring substituents is 1. The molecule has 1 unspecified atom stereocenters. The molecule has 0 aliphatic carbocycles. The molecular formula is C30H25N3O7S. The van der Waals surface area contributed by atoms with Gasteiger partial charge in [-0.15, -0.1) is 0 Å². The number of nitrogens with zero attached hydrogens (tertiary/aromatic N) is 2. The number of sulfonamides is 1. The number of benzene rings is 4. The highest BCUT2D eigenvalue weighted by Gasteiger charge is 2.40. The van der Waals surface area contributed by atoms with Crippen LogP contribution in [0.5, 0.6) is 0 Å². The molecule has 41 heavy (non-hydrogen) atoms. The summed E-state index contributed by atoms with van der Waals surface area (Å²) >= 11 is 0. The minimum absolute atomic E-state index is 0.0228. The molecule has 0 heterocycles. The summed E-state index contributed by atoms with van der Waals surface area (Å²) in [4.78, 5) is 49.4. The fourth-order valence-corrected chi connectivity index (χ4v) is 5.65. The maximum absolute atomic E-state index is 14.1. The highest BCUT2D eigenvalue weighted by molar-refractivity contribution is 7.89. The van der Waals surface area contributed by atoms with Crippen LogP contribution < -0.4 is 5.32 Å². The van der Waals surface area contributed by atoms with Crippen LogP contribution >= 0.6 is 0 Å². The van der Waals surface area contributed by atoms with Gasteiger partial charge in [0, 0.05) is 35.4 Å². The van der Waals surface area contributed by atoms with Gasteiger partial charge >= 0.3 is 0 Å². The van der Waals surface area contributed by atoms with Crippen LogP contribution in [0.3, 0.4) is 0 Å². The molecule has 0 aliphatic heterocycles. The van der Waals surface area contributed by atoms with Gasteiger partial charge in [0.15, 0.2) is 5.78 Å². The molecule has 2 amide bonds. The Morgan fingerprint density at radius 1 is 0.805 bits per heavy atom. The number of nitrogens with one attached hydrogen (secondary N) is 1. The Morgan fingerprint density at radius 3 is 1.90 bits per heavy atom. The average Bonchev–Trinajstić information content (AvgIpc) is 2.98. The number of carbonyl (C=O) groups is 3. The quantitative estimate of drug-likeness (QED) is 0.162. The van der Waals surface area contributed by atoms with Gasteiger partial charge in [-0.25, -0.2) is 12.7 Å². The van der Waals surface area contributed by atoms with Gasteiger partial charge in [-0.2, -0.15) is 0 Å². The van der Waals surface area contributed by atoms with E-state index in [2.05, 4.69) is 5.32 Å². The van der Waals surface area contributed by atoms with Crippen molar-refractivity contribution in [2.45, 2.75) is 24.3 Å². The lowest BCUT2D eigenvalue weighted by atomic mass is 10.0. The van der Waals surface area contributed by atoms with Crippen LogP contribution in [0.25, 0.3) is 0 Å². The van der Waals surface area contributed by atoms with Crippen LogP contribution in [0.15, 0.2) is 114 Å². The molecule has 208 valence electrons. The Bertz CT molecular complexity index is 1670. The van der Waals surface area contributed by atoms with Gasteiger partial charge in [-0.3, -0.25) is 24.5 Å². The predicted molar refractivity (Wildman–Crippen MR) is 152 cm³/mol. The van der Waals surface area contributed by atoms with Crippen molar-refractivity contribution in [2.24, 2.45) is 0 Å². The molecule has 0 aliphatic rings. The van der Waals surface area contributed by atoms with Gasteiger partial charge in [-0.1, -0.05) is 48.5 Å². The number of hydrogen-bond donors (Lipinski definition) is 1. The van der Waals surface area contributed by atoms with Crippen molar-refractivity contribution >= 4 is 39.0 Å². The number of carbonyl (C=O) groups excluding carboxylic acids is 3. The minimum Gasteiger partial charge on any atom is -0.324 e. The summed E-state index contributed by atoms with van der Waals surface area (Å²) in [7, 11) is -4.71. The molecule has 4 aromatic rings. The molecule has 10 nitrogen and oxygen atoms in total. The van der Waals surface area contributed by atoms with E-state index in [0.29, 0.717) is 15.4 Å². The summed E-state index contributed by atoms with van der Waals surface area (Å²) in [6.07, 6.45) is -0.164. The lowest BCUT2D eigenvalue weighted by molar-refractivity contribution is -0.384. The molecule has 4 aromatic carbocycles. The van der Waals surface area contributed by atoms with Crippen molar-refractivity contribution in [3.63, 3.8) is 0 Å². The molecule has 4 rings (SSSR count). The van der Waals surface area contributed by atoms with Crippen molar-refractivity contribution in [3.8, 4) is 0 Å². The molecule has 0 aromatic heterocycles. The lowest BCUT2D eigenvalue weighted by Gasteiger charge is -2.30. The fraction of sp³-hybridized carbons (Fsp3) is 0.100. The average molecular weight is 572 g/mol. The van der Waals surface area contributed by atoms with Gasteiger partial charge in [0.1, 0.15) is 6.04 Å². The molecule has 0 saturated heterocycles. The molecule has 0 spiro atoms. The first-order valence-corrected chi connectivity index (χ1v) is 13.9. The smallest absolute Gasteiger partial charge is 0.269 e. The monoisotopic (exact) mass is 571 g/mol. The van der Waals surface area contributed by atoms with Gasteiger partial charge in [-0.05, 0) is 61.0 Å². The van der Waals surface area contributed by atoms with Crippen molar-refractivity contribution < 1.29 is 27.7 Å². The molecule has 0 fully saturated rings. The maximum atomic E-state index is 14.1. The zero-order valence-electron chi connectivity index (χ0n) is 21.8. The first-order valence-electron chi connectivity index (χ1n) is 12.4. The Hall–Kier alpha value is -5.16. The standard InChI is InChI=1S/C30H25N3O7S/c1-21(34)23-12-14-25(15-13-23)31-29(35)28(20-22-8-4-2-5-9-22)32(30(36)24-10-6-3-7-11-24)41(39,40)27-18-16-26(17-19-27)33(37)38/h2-19,28H,20H2,1H3,(H,31,35). The second kappa shape index (κ2) is 12.3. The van der Waals surface area contributed by atoms with E-state index >= 15 is 0 Å². The lowest BCUT2D eigenvalue weighted by Crippen LogP contribution is -2.51. The number of nitro groups is 1. The number of ketones is 1. The first kappa shape index (κ1) is 28.8. The van der Waals surface area contributed by atoms with Crippen molar-refractivity contribution in [1.29, 1.82) is 0 Å². The zero-order chi connectivity index (χ0) is 29.6. The van der Waals surface area contributed by atoms with E-state index in [1.807, 2.05) is 0 Å². The highest BCUT2D eigenvalue weighted by Crippen LogP contribution is 2.26. The second-order valence-electron chi connectivity index (χ2n) is 9.05. The summed E-state index contributed by atoms with van der Waals surface area (Å²) in [6, 6.07) is 24.8. The van der Waals surface area contributed by atoms with Crippen molar-refractivity contribution in [3.05, 3.63) is 136 Å². The van der Waals surface area contributed by atoms with Crippen LogP contribution in [0.1, 0.15) is 33.2 Å². The summed E-state index contributed by atoms with van der Waals surface area (Å²) in [5.74, 6) is -1.91. The predicted octanol–water partition coefficient (Wildman–Crippen LogP) is 4.88. The Labute approximate surface area is 236 Å². The van der Waals surface area contributed by atoms with E-state index in [0.717, 1.165) is 24.3 Å². The van der Waals surface area contributed by atoms with Crippen LogP contribution in [-0.4, -0.2) is 41.3 Å². The summed E-state index contributed by atoms with van der Waals surface area (Å²) in [5.41, 5.74) is 0.986. The summed E-state index contributed by atoms with van der Waals surface area (Å²) in [5, 5.41) is 13.8. The third kappa shape index (κ3) is 6.71. The van der Waals surface area contributed by atoms with Crippen LogP contribution in [0, 0.1) is 10.1 Å². The van der Waals surface area contributed by atoms with Gasteiger partial charge in [0.05, 0.1) is 9.82 Å². The highest BCUT2D eigenvalue weighted by atomic mass is 32.2. The largest absolute Gasteiger partial charge is 0.324 e. The Balaban J connectivity index is 1.83. The molecule has 11 heteroatoms. The molecule has 0 saturated carbocycles. The van der Waals surface area contributed by atoms with Crippen molar-refractivity contribution in [2.75, 3.05) is 5.32 Å². The number of non-ortho nitro benzene ring substituents is 1. The van der Waals surface area contributed by atoms with E-state index in [1.165, 1.54) is 43.3 Å². The van der Waals surface area contributed by atoms with E-state index in [4.69, 9.17) is 0 Å². The number of Topliss-reactive ketones (excluding diaryl/α,β-unsaturated/α-hetero) is 1. The second-order valence-corrected chi connectivity index (χ2v) is 10.9. The van der Waals surface area contributed by atoms with Gasteiger partial charge in [0.2, 0.25) is 5.91 Å². The van der Waals surface area contributed by atoms with E-state index in [-0.39, 0.29) is 29.1 Å². The first-order chi connectivity index (χ1) is 19.6. The van der Waals surface area contributed by atoms with E-state index in [1.54, 1.807) is 48.5 Å². The van der Waals surface area contributed by atoms with Crippen LogP contribution in [0.2, 0.25) is 0 Å². The minimum atomic E-state index is -4.71. The number of rotatable bonds is 10. The molecule has 0 radical (unpaired) electrons. The number of amides is 2. The molecule has 1 atom stereocenters. The number of anilines is 1. The zero-order valence-corrected chi connectivity index (χ0v) is 22.7. The Kier molecular flexibility index (Phi) is 8.69. The summed E-state index contributed by atoms with van der Waals surface area (Å²) < 4.78 is 28.6.